The van der Waals surface area contributed by atoms with E-state index in [1.165, 1.54) is 10.4 Å². The van der Waals surface area contributed by atoms with Crippen LogP contribution in [0.15, 0.2) is 27.6 Å². The van der Waals surface area contributed by atoms with E-state index in [-0.39, 0.29) is 24.0 Å². The van der Waals surface area contributed by atoms with Crippen molar-refractivity contribution in [2.45, 2.75) is 30.7 Å². The van der Waals surface area contributed by atoms with E-state index in [1.807, 2.05) is 0 Å². The molecule has 0 atom stereocenters. The number of sulfonamides is 2. The standard InChI is InChI=1S/C14H21BrN2O5S2/c1-3-22-13-5-4-11(15)10-14(13)24(20,21)17-8-6-12(7-9-17)16-23(2,18)19/h4-5,10,12,16H,3,6-9H2,1-2H3. The number of benzene rings is 1. The van der Waals surface area contributed by atoms with Crippen molar-refractivity contribution in [3.63, 3.8) is 0 Å². The molecule has 136 valence electrons. The molecule has 0 radical (unpaired) electrons. The summed E-state index contributed by atoms with van der Waals surface area (Å²) in [5.41, 5.74) is 0. The van der Waals surface area contributed by atoms with E-state index in [2.05, 4.69) is 20.7 Å². The molecule has 0 amide bonds. The summed E-state index contributed by atoms with van der Waals surface area (Å²) in [6, 6.07) is 4.65. The highest BCUT2D eigenvalue weighted by molar-refractivity contribution is 9.10. The molecular formula is C14H21BrN2O5S2. The van der Waals surface area contributed by atoms with E-state index in [1.54, 1.807) is 19.1 Å². The van der Waals surface area contributed by atoms with Crippen molar-refractivity contribution >= 4 is 36.0 Å². The average molecular weight is 441 g/mol. The minimum absolute atomic E-state index is 0.119. The molecule has 1 heterocycles. The van der Waals surface area contributed by atoms with Crippen LogP contribution in [0.1, 0.15) is 19.8 Å². The van der Waals surface area contributed by atoms with E-state index in [4.69, 9.17) is 4.74 Å². The van der Waals surface area contributed by atoms with Gasteiger partial charge in [-0.2, -0.15) is 4.31 Å². The van der Waals surface area contributed by atoms with E-state index in [0.717, 1.165) is 6.26 Å². The summed E-state index contributed by atoms with van der Waals surface area (Å²) in [6.45, 7) is 2.67. The highest BCUT2D eigenvalue weighted by Crippen LogP contribution is 2.31. The van der Waals surface area contributed by atoms with E-state index < -0.39 is 20.0 Å². The Labute approximate surface area is 151 Å². The van der Waals surface area contributed by atoms with Crippen LogP contribution >= 0.6 is 15.9 Å². The quantitative estimate of drug-likeness (QED) is 0.723. The first-order valence-electron chi connectivity index (χ1n) is 7.53. The molecule has 2 rings (SSSR count). The van der Waals surface area contributed by atoms with Crippen LogP contribution < -0.4 is 9.46 Å². The van der Waals surface area contributed by atoms with Gasteiger partial charge in [0.05, 0.1) is 12.9 Å². The fourth-order valence-corrected chi connectivity index (χ4v) is 5.59. The molecule has 0 aromatic heterocycles. The Morgan fingerprint density at radius 3 is 2.42 bits per heavy atom. The molecule has 24 heavy (non-hydrogen) atoms. The second kappa shape index (κ2) is 7.69. The van der Waals surface area contributed by atoms with Crippen LogP contribution in [0.2, 0.25) is 0 Å². The van der Waals surface area contributed by atoms with Crippen molar-refractivity contribution < 1.29 is 21.6 Å². The van der Waals surface area contributed by atoms with Crippen molar-refractivity contribution in [3.05, 3.63) is 22.7 Å². The molecule has 1 fully saturated rings. The van der Waals surface area contributed by atoms with Crippen molar-refractivity contribution in [1.29, 1.82) is 0 Å². The predicted octanol–water partition coefficient (Wildman–Crippen LogP) is 1.55. The Balaban J connectivity index is 2.19. The lowest BCUT2D eigenvalue weighted by Gasteiger charge is -2.31. The van der Waals surface area contributed by atoms with Crippen LogP contribution in [0, 0.1) is 0 Å². The lowest BCUT2D eigenvalue weighted by Crippen LogP contribution is -2.46. The van der Waals surface area contributed by atoms with Crippen molar-refractivity contribution in [2.24, 2.45) is 0 Å². The van der Waals surface area contributed by atoms with Gasteiger partial charge >= 0.3 is 0 Å². The maximum absolute atomic E-state index is 12.9. The van der Waals surface area contributed by atoms with Crippen LogP contribution in [0.5, 0.6) is 5.75 Å². The number of nitrogens with zero attached hydrogens (tertiary/aromatic N) is 1. The molecule has 1 aromatic carbocycles. The second-order valence-electron chi connectivity index (χ2n) is 5.59. The molecule has 1 aliphatic rings. The normalized spacial score (nSPS) is 17.8. The number of ether oxygens (including phenoxy) is 1. The third-order valence-corrected chi connectivity index (χ3v) is 6.83. The molecular weight excluding hydrogens is 420 g/mol. The van der Waals surface area contributed by atoms with Crippen LogP contribution in [0.4, 0.5) is 0 Å². The van der Waals surface area contributed by atoms with E-state index in [0.29, 0.717) is 29.7 Å². The van der Waals surface area contributed by atoms with Crippen molar-refractivity contribution in [1.82, 2.24) is 9.03 Å². The second-order valence-corrected chi connectivity index (χ2v) is 10.2. The topological polar surface area (TPSA) is 92.8 Å². The van der Waals surface area contributed by atoms with E-state index >= 15 is 0 Å². The number of halogens is 1. The summed E-state index contributed by atoms with van der Waals surface area (Å²) < 4.78 is 58.4. The zero-order valence-electron chi connectivity index (χ0n) is 13.5. The Morgan fingerprint density at radius 1 is 1.25 bits per heavy atom. The zero-order valence-corrected chi connectivity index (χ0v) is 16.7. The van der Waals surface area contributed by atoms with Gasteiger partial charge in [0.15, 0.2) is 0 Å². The van der Waals surface area contributed by atoms with Gasteiger partial charge in [0.25, 0.3) is 0 Å². The monoisotopic (exact) mass is 440 g/mol. The van der Waals surface area contributed by atoms with Crippen molar-refractivity contribution in [2.75, 3.05) is 26.0 Å². The summed E-state index contributed by atoms with van der Waals surface area (Å²) in [4.78, 5) is 0.119. The first kappa shape index (κ1) is 19.6. The highest BCUT2D eigenvalue weighted by atomic mass is 79.9. The summed E-state index contributed by atoms with van der Waals surface area (Å²) in [7, 11) is -7.00. The summed E-state index contributed by atoms with van der Waals surface area (Å²) in [5.74, 6) is 0.317. The van der Waals surface area contributed by atoms with Gasteiger partial charge in [-0.05, 0) is 38.0 Å². The maximum Gasteiger partial charge on any atom is 0.246 e. The van der Waals surface area contributed by atoms with Gasteiger partial charge in [-0.1, -0.05) is 15.9 Å². The Kier molecular flexibility index (Phi) is 6.29. The number of rotatable bonds is 6. The highest BCUT2D eigenvalue weighted by Gasteiger charge is 2.32. The molecule has 1 aliphatic heterocycles. The van der Waals surface area contributed by atoms with Gasteiger partial charge in [0.2, 0.25) is 20.0 Å². The number of hydrogen-bond donors (Lipinski definition) is 1. The largest absolute Gasteiger partial charge is 0.492 e. The summed E-state index contributed by atoms with van der Waals surface area (Å²) in [5, 5.41) is 0. The third-order valence-electron chi connectivity index (χ3n) is 3.66. The van der Waals surface area contributed by atoms with Gasteiger partial charge in [-0.15, -0.1) is 0 Å². The molecule has 1 N–H and O–H groups in total. The van der Waals surface area contributed by atoms with Gasteiger partial charge in [-0.25, -0.2) is 21.6 Å². The van der Waals surface area contributed by atoms with Gasteiger partial charge in [-0.3, -0.25) is 0 Å². The summed E-state index contributed by atoms with van der Waals surface area (Å²) in [6.07, 6.45) is 1.97. The molecule has 0 aliphatic carbocycles. The SMILES string of the molecule is CCOc1ccc(Br)cc1S(=O)(=O)N1CCC(NS(C)(=O)=O)CC1. The van der Waals surface area contributed by atoms with Crippen LogP contribution in [0.3, 0.4) is 0 Å². The Morgan fingerprint density at radius 2 is 1.88 bits per heavy atom. The molecule has 0 bridgehead atoms. The molecule has 7 nitrogen and oxygen atoms in total. The molecule has 0 spiro atoms. The molecule has 1 aromatic rings. The smallest absolute Gasteiger partial charge is 0.246 e. The minimum Gasteiger partial charge on any atom is -0.492 e. The predicted molar refractivity (Wildman–Crippen MR) is 95.1 cm³/mol. The number of hydrogen-bond acceptors (Lipinski definition) is 5. The molecule has 10 heteroatoms. The zero-order chi connectivity index (χ0) is 18.0. The first-order chi connectivity index (χ1) is 11.1. The van der Waals surface area contributed by atoms with Crippen molar-refractivity contribution in [3.8, 4) is 5.75 Å². The molecule has 0 saturated carbocycles. The molecule has 0 unspecified atom stereocenters. The minimum atomic E-state index is -3.70. The lowest BCUT2D eigenvalue weighted by atomic mass is 10.1. The van der Waals surface area contributed by atoms with Gasteiger partial charge in [0, 0.05) is 23.6 Å². The summed E-state index contributed by atoms with van der Waals surface area (Å²) >= 11 is 3.29. The average Bonchev–Trinajstić information content (AvgIpc) is 2.48. The maximum atomic E-state index is 12.9. The third kappa shape index (κ3) is 4.92. The van der Waals surface area contributed by atoms with Crippen LogP contribution in [-0.2, 0) is 20.0 Å². The van der Waals surface area contributed by atoms with Gasteiger partial charge in [0.1, 0.15) is 10.6 Å². The van der Waals surface area contributed by atoms with Gasteiger partial charge < -0.3 is 4.74 Å². The van der Waals surface area contributed by atoms with Crippen LogP contribution in [-0.4, -0.2) is 53.1 Å². The first-order valence-corrected chi connectivity index (χ1v) is 11.7. The van der Waals surface area contributed by atoms with Crippen LogP contribution in [0.25, 0.3) is 0 Å². The Bertz CT molecular complexity index is 787. The number of piperidine rings is 1. The fraction of sp³-hybridized carbons (Fsp3) is 0.571. The Hall–Kier alpha value is -0.680. The fourth-order valence-electron chi connectivity index (χ4n) is 2.61. The van der Waals surface area contributed by atoms with E-state index in [9.17, 15) is 16.8 Å². The lowest BCUT2D eigenvalue weighted by molar-refractivity contribution is 0.303. The number of nitrogens with one attached hydrogen (secondary N) is 1. The molecule has 1 saturated heterocycles.